The van der Waals surface area contributed by atoms with Crippen molar-refractivity contribution in [3.05, 3.63) is 12.4 Å². The van der Waals surface area contributed by atoms with Gasteiger partial charge in [0.2, 0.25) is 5.91 Å². The average molecular weight is 352 g/mol. The number of aryl methyl sites for hydroxylation is 1. The first kappa shape index (κ1) is 21.0. The molecule has 2 rings (SSSR count). The molecule has 1 atom stereocenters. The minimum absolute atomic E-state index is 0. The Hall–Kier alpha value is -0.980. The van der Waals surface area contributed by atoms with E-state index in [0.717, 1.165) is 44.6 Å². The van der Waals surface area contributed by atoms with Crippen LogP contribution in [0.5, 0.6) is 0 Å². The molecule has 22 heavy (non-hydrogen) atoms. The molecule has 1 aliphatic heterocycles. The standard InChI is InChI=1S/C14H25N5O.2ClH/c1-15-7-3-6-14(20)17-12-5-4-8-19(10-12)13-9-16-18(2)11-13;;/h9,11-12,15H,3-8,10H2,1-2H3,(H,17,20);2*1H. The van der Waals surface area contributed by atoms with Crippen molar-refractivity contribution in [2.75, 3.05) is 31.6 Å². The topological polar surface area (TPSA) is 62.2 Å². The zero-order chi connectivity index (χ0) is 14.4. The van der Waals surface area contributed by atoms with Crippen molar-refractivity contribution in [2.45, 2.75) is 31.7 Å². The summed E-state index contributed by atoms with van der Waals surface area (Å²) in [6.07, 6.45) is 7.57. The lowest BCUT2D eigenvalue weighted by Gasteiger charge is -2.33. The second kappa shape index (κ2) is 10.7. The monoisotopic (exact) mass is 351 g/mol. The molecule has 1 unspecified atom stereocenters. The molecule has 1 aromatic heterocycles. The number of anilines is 1. The molecular weight excluding hydrogens is 325 g/mol. The van der Waals surface area contributed by atoms with Crippen molar-refractivity contribution >= 4 is 36.4 Å². The Morgan fingerprint density at radius 2 is 2.23 bits per heavy atom. The van der Waals surface area contributed by atoms with E-state index in [1.807, 2.05) is 31.2 Å². The molecule has 1 aromatic rings. The number of carbonyl (C=O) groups is 1. The summed E-state index contributed by atoms with van der Waals surface area (Å²) in [5.41, 5.74) is 1.14. The van der Waals surface area contributed by atoms with E-state index >= 15 is 0 Å². The van der Waals surface area contributed by atoms with Crippen LogP contribution in [0.1, 0.15) is 25.7 Å². The van der Waals surface area contributed by atoms with Crippen molar-refractivity contribution in [3.8, 4) is 0 Å². The summed E-state index contributed by atoms with van der Waals surface area (Å²) >= 11 is 0. The van der Waals surface area contributed by atoms with Gasteiger partial charge in [-0.1, -0.05) is 0 Å². The fourth-order valence-corrected chi connectivity index (χ4v) is 2.63. The number of nitrogens with zero attached hydrogens (tertiary/aromatic N) is 3. The first-order chi connectivity index (χ1) is 9.69. The van der Waals surface area contributed by atoms with Gasteiger partial charge in [0.15, 0.2) is 0 Å². The van der Waals surface area contributed by atoms with Crippen molar-refractivity contribution in [3.63, 3.8) is 0 Å². The molecular formula is C14H27Cl2N5O. The smallest absolute Gasteiger partial charge is 0.220 e. The number of carbonyl (C=O) groups excluding carboxylic acids is 1. The molecule has 0 bridgehead atoms. The van der Waals surface area contributed by atoms with E-state index in [4.69, 9.17) is 0 Å². The minimum Gasteiger partial charge on any atom is -0.367 e. The lowest BCUT2D eigenvalue weighted by atomic mass is 10.1. The van der Waals surface area contributed by atoms with E-state index in [0.29, 0.717) is 6.42 Å². The second-order valence-electron chi connectivity index (χ2n) is 5.43. The number of aromatic nitrogens is 2. The molecule has 128 valence electrons. The van der Waals surface area contributed by atoms with Crippen molar-refractivity contribution < 1.29 is 4.79 Å². The van der Waals surface area contributed by atoms with E-state index in [1.165, 1.54) is 0 Å². The largest absolute Gasteiger partial charge is 0.367 e. The molecule has 0 aliphatic carbocycles. The normalized spacial score (nSPS) is 17.4. The van der Waals surface area contributed by atoms with Crippen molar-refractivity contribution in [1.29, 1.82) is 0 Å². The van der Waals surface area contributed by atoms with E-state index < -0.39 is 0 Å². The van der Waals surface area contributed by atoms with Gasteiger partial charge in [-0.3, -0.25) is 9.48 Å². The van der Waals surface area contributed by atoms with Crippen LogP contribution in [0.4, 0.5) is 5.69 Å². The first-order valence-electron chi connectivity index (χ1n) is 7.36. The van der Waals surface area contributed by atoms with Gasteiger partial charge in [0, 0.05) is 38.8 Å². The maximum Gasteiger partial charge on any atom is 0.220 e. The quantitative estimate of drug-likeness (QED) is 0.759. The third-order valence-corrected chi connectivity index (χ3v) is 3.67. The Balaban J connectivity index is 0.00000220. The molecule has 2 N–H and O–H groups in total. The van der Waals surface area contributed by atoms with E-state index in [2.05, 4.69) is 20.6 Å². The predicted molar refractivity (Wildman–Crippen MR) is 94.2 cm³/mol. The lowest BCUT2D eigenvalue weighted by molar-refractivity contribution is -0.121. The summed E-state index contributed by atoms with van der Waals surface area (Å²) in [5, 5.41) is 10.4. The van der Waals surface area contributed by atoms with Crippen LogP contribution in [0, 0.1) is 0 Å². The van der Waals surface area contributed by atoms with Crippen LogP contribution in [-0.2, 0) is 11.8 Å². The summed E-state index contributed by atoms with van der Waals surface area (Å²) in [5.74, 6) is 0.165. The molecule has 1 aliphatic rings. The van der Waals surface area contributed by atoms with Crippen LogP contribution in [0.25, 0.3) is 0 Å². The van der Waals surface area contributed by atoms with Gasteiger partial charge >= 0.3 is 0 Å². The third kappa shape index (κ3) is 6.42. The number of halogens is 2. The highest BCUT2D eigenvalue weighted by molar-refractivity contribution is 5.85. The van der Waals surface area contributed by atoms with Gasteiger partial charge < -0.3 is 15.5 Å². The molecule has 0 radical (unpaired) electrons. The van der Waals surface area contributed by atoms with E-state index in [1.54, 1.807) is 0 Å². The summed E-state index contributed by atoms with van der Waals surface area (Å²) in [7, 11) is 3.83. The van der Waals surface area contributed by atoms with Gasteiger partial charge in [0.05, 0.1) is 11.9 Å². The maximum absolute atomic E-state index is 11.9. The molecule has 1 amide bonds. The number of hydrogen-bond acceptors (Lipinski definition) is 4. The highest BCUT2D eigenvalue weighted by atomic mass is 35.5. The predicted octanol–water partition coefficient (Wildman–Crippen LogP) is 1.35. The molecule has 0 spiro atoms. The Labute approximate surface area is 144 Å². The molecule has 1 fully saturated rings. The summed E-state index contributed by atoms with van der Waals surface area (Å²) < 4.78 is 1.81. The molecule has 2 heterocycles. The van der Waals surface area contributed by atoms with Gasteiger partial charge in [-0.05, 0) is 32.9 Å². The number of rotatable bonds is 6. The second-order valence-corrected chi connectivity index (χ2v) is 5.43. The van der Waals surface area contributed by atoms with Gasteiger partial charge in [0.25, 0.3) is 0 Å². The lowest BCUT2D eigenvalue weighted by Crippen LogP contribution is -2.47. The van der Waals surface area contributed by atoms with Crippen LogP contribution in [0.15, 0.2) is 12.4 Å². The van der Waals surface area contributed by atoms with Crippen molar-refractivity contribution in [2.24, 2.45) is 7.05 Å². The zero-order valence-corrected chi connectivity index (χ0v) is 14.9. The average Bonchev–Trinajstić information content (AvgIpc) is 2.86. The van der Waals surface area contributed by atoms with Gasteiger partial charge in [-0.2, -0.15) is 5.10 Å². The Bertz CT molecular complexity index is 441. The number of nitrogens with one attached hydrogen (secondary N) is 2. The summed E-state index contributed by atoms with van der Waals surface area (Å²) in [4.78, 5) is 14.2. The molecule has 6 nitrogen and oxygen atoms in total. The third-order valence-electron chi connectivity index (χ3n) is 3.67. The van der Waals surface area contributed by atoms with Crippen LogP contribution < -0.4 is 15.5 Å². The number of hydrogen-bond donors (Lipinski definition) is 2. The van der Waals surface area contributed by atoms with Gasteiger partial charge in [-0.15, -0.1) is 24.8 Å². The van der Waals surface area contributed by atoms with E-state index in [9.17, 15) is 4.79 Å². The highest BCUT2D eigenvalue weighted by Crippen LogP contribution is 2.19. The van der Waals surface area contributed by atoms with Crippen molar-refractivity contribution in [1.82, 2.24) is 20.4 Å². The highest BCUT2D eigenvalue weighted by Gasteiger charge is 2.22. The Morgan fingerprint density at radius 3 is 2.86 bits per heavy atom. The fraction of sp³-hybridized carbons (Fsp3) is 0.714. The first-order valence-corrected chi connectivity index (χ1v) is 7.36. The molecule has 1 saturated heterocycles. The SMILES string of the molecule is CNCCCC(=O)NC1CCCN(c2cnn(C)c2)C1.Cl.Cl. The Kier molecular flexibility index (Phi) is 10.2. The van der Waals surface area contributed by atoms with Crippen LogP contribution in [-0.4, -0.2) is 48.4 Å². The molecule has 8 heteroatoms. The number of piperidine rings is 1. The van der Waals surface area contributed by atoms with Crippen LogP contribution in [0.3, 0.4) is 0 Å². The summed E-state index contributed by atoms with van der Waals surface area (Å²) in [6, 6.07) is 0.256. The molecule has 0 aromatic carbocycles. The fourth-order valence-electron chi connectivity index (χ4n) is 2.63. The van der Waals surface area contributed by atoms with Gasteiger partial charge in [0.1, 0.15) is 0 Å². The summed E-state index contributed by atoms with van der Waals surface area (Å²) in [6.45, 7) is 2.81. The van der Waals surface area contributed by atoms with Crippen LogP contribution >= 0.6 is 24.8 Å². The number of amides is 1. The zero-order valence-electron chi connectivity index (χ0n) is 13.2. The maximum atomic E-state index is 11.9. The van der Waals surface area contributed by atoms with Gasteiger partial charge in [-0.25, -0.2) is 0 Å². The Morgan fingerprint density at radius 1 is 1.45 bits per heavy atom. The van der Waals surface area contributed by atoms with E-state index in [-0.39, 0.29) is 36.8 Å². The molecule has 0 saturated carbocycles. The van der Waals surface area contributed by atoms with Crippen LogP contribution in [0.2, 0.25) is 0 Å². The minimum atomic E-state index is 0.